The van der Waals surface area contributed by atoms with E-state index >= 15 is 0 Å². The third kappa shape index (κ3) is 3.97. The van der Waals surface area contributed by atoms with Crippen molar-refractivity contribution in [2.75, 3.05) is 0 Å². The molecular weight excluding hydrogens is 473 g/mol. The minimum Gasteiger partial charge on any atom is -0.332 e. The maximum absolute atomic E-state index is 13.8. The molecule has 2 aliphatic carbocycles. The Morgan fingerprint density at radius 2 is 1.97 bits per heavy atom. The Balaban J connectivity index is 1.41. The third-order valence-corrected chi connectivity index (χ3v) is 7.22. The lowest BCUT2D eigenvalue weighted by molar-refractivity contribution is -0.190. The Kier molecular flexibility index (Phi) is 5.87. The first-order chi connectivity index (χ1) is 16.3. The highest BCUT2D eigenvalue weighted by Crippen LogP contribution is 2.54. The van der Waals surface area contributed by atoms with Crippen molar-refractivity contribution in [1.29, 1.82) is 0 Å². The monoisotopic (exact) mass is 494 g/mol. The van der Waals surface area contributed by atoms with E-state index in [9.17, 15) is 18.1 Å². The van der Waals surface area contributed by atoms with Gasteiger partial charge in [0.1, 0.15) is 5.69 Å². The number of nitrogens with zero attached hydrogens (tertiary/aromatic N) is 4. The lowest BCUT2D eigenvalue weighted by atomic mass is 9.86. The summed E-state index contributed by atoms with van der Waals surface area (Å²) < 4.78 is 46.5. The molecule has 0 radical (unpaired) electrons. The quantitative estimate of drug-likeness (QED) is 0.413. The molecule has 3 aromatic rings. The zero-order chi connectivity index (χ0) is 24.0. The topological polar surface area (TPSA) is 83.0 Å². The fourth-order valence-electron chi connectivity index (χ4n) is 4.86. The summed E-state index contributed by atoms with van der Waals surface area (Å²) >= 11 is 6.48. The van der Waals surface area contributed by atoms with E-state index in [1.165, 1.54) is 10.7 Å². The number of benzene rings is 1. The third-order valence-electron chi connectivity index (χ3n) is 6.90. The molecule has 5 rings (SSSR count). The number of carbonyl (C=O) groups excluding carboxylic acids is 1. The van der Waals surface area contributed by atoms with Gasteiger partial charge >= 0.3 is 5.97 Å². The number of hydrogen-bond donors (Lipinski definition) is 0. The predicted octanol–water partition coefficient (Wildman–Crippen LogP) is 6.07. The Bertz CT molecular complexity index is 1220. The first kappa shape index (κ1) is 22.9. The fourth-order valence-corrected chi connectivity index (χ4v) is 5.27. The lowest BCUT2D eigenvalue weighted by Crippen LogP contribution is -2.25. The van der Waals surface area contributed by atoms with E-state index in [0.29, 0.717) is 36.5 Å². The molecule has 34 heavy (non-hydrogen) atoms. The summed E-state index contributed by atoms with van der Waals surface area (Å²) in [5, 5.41) is 9.12. The normalized spacial score (nSPS) is 21.6. The van der Waals surface area contributed by atoms with Gasteiger partial charge in [0.2, 0.25) is 0 Å². The van der Waals surface area contributed by atoms with Crippen LogP contribution >= 0.6 is 11.6 Å². The second-order valence-electron chi connectivity index (χ2n) is 9.09. The summed E-state index contributed by atoms with van der Waals surface area (Å²) in [5.74, 6) is -0.991. The molecule has 0 saturated heterocycles. The molecule has 2 saturated carbocycles. The standard InChI is InChI=1S/C23H22ClF3N4O3/c1-12-2-7-15(16(24)10-12)23(8-9-23)22-28-20(34-30-22)17-11-18(19(25)26)31(29-17)14-5-3-13(4-6-14)21(32)33-27/h2,7,10-11,13-14,19H,3-6,8-9H2,1H3. The molecule has 2 aliphatic rings. The van der Waals surface area contributed by atoms with Crippen LogP contribution in [0.2, 0.25) is 5.02 Å². The van der Waals surface area contributed by atoms with Crippen molar-refractivity contribution in [3.63, 3.8) is 0 Å². The molecule has 180 valence electrons. The molecule has 0 bridgehead atoms. The molecule has 2 fully saturated rings. The van der Waals surface area contributed by atoms with E-state index in [4.69, 9.17) is 16.1 Å². The van der Waals surface area contributed by atoms with Gasteiger partial charge in [0.05, 0.1) is 17.4 Å². The summed E-state index contributed by atoms with van der Waals surface area (Å²) in [7, 11) is 0. The van der Waals surface area contributed by atoms with E-state index < -0.39 is 23.7 Å². The van der Waals surface area contributed by atoms with E-state index in [1.807, 2.05) is 25.1 Å². The second-order valence-corrected chi connectivity index (χ2v) is 9.50. The van der Waals surface area contributed by atoms with Crippen LogP contribution in [0.15, 0.2) is 28.8 Å². The first-order valence-corrected chi connectivity index (χ1v) is 11.5. The highest BCUT2D eigenvalue weighted by atomic mass is 35.5. The number of aryl methyl sites for hydroxylation is 1. The van der Waals surface area contributed by atoms with Gasteiger partial charge < -0.3 is 4.52 Å². The van der Waals surface area contributed by atoms with Crippen molar-refractivity contribution in [1.82, 2.24) is 19.9 Å². The van der Waals surface area contributed by atoms with Crippen LogP contribution in [0.5, 0.6) is 0 Å². The van der Waals surface area contributed by atoms with Crippen LogP contribution in [-0.4, -0.2) is 25.9 Å². The van der Waals surface area contributed by atoms with Crippen LogP contribution in [-0.2, 0) is 15.2 Å². The van der Waals surface area contributed by atoms with Crippen molar-refractivity contribution in [2.45, 2.75) is 63.3 Å². The van der Waals surface area contributed by atoms with Gasteiger partial charge in [0.25, 0.3) is 12.3 Å². The predicted molar refractivity (Wildman–Crippen MR) is 115 cm³/mol. The summed E-state index contributed by atoms with van der Waals surface area (Å²) in [5.41, 5.74) is 1.39. The fraction of sp³-hybridized carbons (Fsp3) is 0.478. The maximum Gasteiger partial charge on any atom is 0.351 e. The molecule has 0 unspecified atom stereocenters. The lowest BCUT2D eigenvalue weighted by Gasteiger charge is -2.27. The van der Waals surface area contributed by atoms with Gasteiger partial charge in [-0.3, -0.25) is 9.62 Å². The highest BCUT2D eigenvalue weighted by Gasteiger charge is 2.51. The molecule has 0 N–H and O–H groups in total. The van der Waals surface area contributed by atoms with Gasteiger partial charge in [-0.05, 0) is 68.7 Å². The summed E-state index contributed by atoms with van der Waals surface area (Å²) in [4.78, 5) is 19.2. The zero-order valence-corrected chi connectivity index (χ0v) is 19.1. The first-order valence-electron chi connectivity index (χ1n) is 11.1. The Hall–Kier alpha value is -2.88. The molecule has 0 amide bonds. The minimum atomic E-state index is -2.77. The average Bonchev–Trinajstić information content (AvgIpc) is 3.26. The zero-order valence-electron chi connectivity index (χ0n) is 18.3. The van der Waals surface area contributed by atoms with Crippen molar-refractivity contribution in [3.8, 4) is 11.6 Å². The number of hydrogen-bond acceptors (Lipinski definition) is 6. The van der Waals surface area contributed by atoms with Gasteiger partial charge in [-0.25, -0.2) is 13.6 Å². The molecule has 0 spiro atoms. The van der Waals surface area contributed by atoms with Gasteiger partial charge in [-0.2, -0.15) is 10.1 Å². The number of alkyl halides is 2. The molecular formula is C23H22ClF3N4O3. The molecule has 2 aromatic heterocycles. The van der Waals surface area contributed by atoms with Crippen molar-refractivity contribution >= 4 is 17.6 Å². The van der Waals surface area contributed by atoms with Crippen molar-refractivity contribution < 1.29 is 27.6 Å². The maximum atomic E-state index is 13.8. The van der Waals surface area contributed by atoms with Crippen molar-refractivity contribution in [3.05, 3.63) is 51.9 Å². The van der Waals surface area contributed by atoms with Crippen LogP contribution in [0.3, 0.4) is 0 Å². The molecule has 1 aromatic carbocycles. The van der Waals surface area contributed by atoms with Crippen LogP contribution in [0, 0.1) is 12.8 Å². The molecule has 11 heteroatoms. The van der Waals surface area contributed by atoms with Gasteiger partial charge in [-0.1, -0.05) is 28.9 Å². The number of carbonyl (C=O) groups is 1. The van der Waals surface area contributed by atoms with E-state index in [2.05, 4.69) is 20.2 Å². The average molecular weight is 495 g/mol. The Morgan fingerprint density at radius 3 is 2.59 bits per heavy atom. The summed E-state index contributed by atoms with van der Waals surface area (Å²) in [6.45, 7) is 1.96. The van der Waals surface area contributed by atoms with E-state index in [1.54, 1.807) is 0 Å². The molecule has 7 nitrogen and oxygen atoms in total. The Labute approximate surface area is 198 Å². The SMILES string of the molecule is Cc1ccc(C2(c3noc(-c4cc(C(F)F)n(C5CCC(C(=O)OF)CC5)n4)n3)CC2)c(Cl)c1. The van der Waals surface area contributed by atoms with Gasteiger partial charge in [0, 0.05) is 9.55 Å². The molecule has 2 heterocycles. The number of rotatable bonds is 6. The minimum absolute atomic E-state index is 0.0554. The summed E-state index contributed by atoms with van der Waals surface area (Å²) in [6.07, 6.45) is 0.283. The van der Waals surface area contributed by atoms with Gasteiger partial charge in [0.15, 0.2) is 11.5 Å². The second kappa shape index (κ2) is 8.72. The smallest absolute Gasteiger partial charge is 0.332 e. The molecule has 0 atom stereocenters. The summed E-state index contributed by atoms with van der Waals surface area (Å²) in [6, 6.07) is 6.71. The van der Waals surface area contributed by atoms with E-state index in [0.717, 1.165) is 24.0 Å². The van der Waals surface area contributed by atoms with Crippen LogP contribution in [0.25, 0.3) is 11.6 Å². The highest BCUT2D eigenvalue weighted by molar-refractivity contribution is 6.31. The van der Waals surface area contributed by atoms with Crippen LogP contribution < -0.4 is 0 Å². The van der Waals surface area contributed by atoms with Crippen LogP contribution in [0.4, 0.5) is 13.3 Å². The number of halogens is 4. The van der Waals surface area contributed by atoms with Gasteiger partial charge in [-0.15, -0.1) is 0 Å². The van der Waals surface area contributed by atoms with E-state index in [-0.39, 0.29) is 23.3 Å². The number of aromatic nitrogens is 4. The largest absolute Gasteiger partial charge is 0.351 e. The van der Waals surface area contributed by atoms with Crippen molar-refractivity contribution in [2.24, 2.45) is 5.92 Å². The van der Waals surface area contributed by atoms with Crippen LogP contribution in [0.1, 0.15) is 73.6 Å². The Morgan fingerprint density at radius 1 is 1.24 bits per heavy atom. The molecule has 0 aliphatic heterocycles.